The Labute approximate surface area is 158 Å². The molecule has 0 saturated carbocycles. The van der Waals surface area contributed by atoms with Gasteiger partial charge >= 0.3 is 0 Å². The van der Waals surface area contributed by atoms with Gasteiger partial charge in [0.25, 0.3) is 0 Å². The van der Waals surface area contributed by atoms with Crippen molar-refractivity contribution in [3.8, 4) is 0 Å². The zero-order valence-electron chi connectivity index (χ0n) is 15.6. The fourth-order valence-electron chi connectivity index (χ4n) is 3.84. The summed E-state index contributed by atoms with van der Waals surface area (Å²) in [5.74, 6) is -0.163. The molecule has 2 aliphatic heterocycles. The van der Waals surface area contributed by atoms with Crippen LogP contribution in [0.1, 0.15) is 31.2 Å². The second kappa shape index (κ2) is 7.35. The Hall–Kier alpha value is -1.74. The van der Waals surface area contributed by atoms with Gasteiger partial charge in [-0.15, -0.1) is 0 Å². The summed E-state index contributed by atoms with van der Waals surface area (Å²) in [6, 6.07) is 12.7. The van der Waals surface area contributed by atoms with Crippen LogP contribution in [-0.4, -0.2) is 47.8 Å². The van der Waals surface area contributed by atoms with E-state index in [1.807, 2.05) is 50.2 Å². The highest BCUT2D eigenvalue weighted by atomic mass is 16.8. The van der Waals surface area contributed by atoms with Crippen molar-refractivity contribution in [3.63, 3.8) is 0 Å². The van der Waals surface area contributed by atoms with Gasteiger partial charge in [0.1, 0.15) is 30.1 Å². The quantitative estimate of drug-likeness (QED) is 0.778. The predicted molar refractivity (Wildman–Crippen MR) is 94.7 cm³/mol. The number of hydrogen-bond donors (Lipinski definition) is 1. The van der Waals surface area contributed by atoms with Crippen molar-refractivity contribution in [1.29, 1.82) is 0 Å². The average molecular weight is 375 g/mol. The van der Waals surface area contributed by atoms with Crippen molar-refractivity contribution >= 4 is 0 Å². The van der Waals surface area contributed by atoms with Crippen LogP contribution in [0.25, 0.3) is 0 Å². The van der Waals surface area contributed by atoms with Crippen LogP contribution >= 0.6 is 0 Å². The molecule has 7 nitrogen and oxygen atoms in total. The van der Waals surface area contributed by atoms with Gasteiger partial charge in [-0.1, -0.05) is 30.3 Å². The number of furan rings is 1. The molecule has 27 heavy (non-hydrogen) atoms. The maximum Gasteiger partial charge on any atom is 0.186 e. The van der Waals surface area contributed by atoms with Gasteiger partial charge in [0.15, 0.2) is 12.1 Å². The molecule has 0 bridgehead atoms. The highest BCUT2D eigenvalue weighted by Crippen LogP contribution is 2.44. The summed E-state index contributed by atoms with van der Waals surface area (Å²) in [5, 5.41) is 12.2. The highest BCUT2D eigenvalue weighted by Gasteiger charge is 2.58. The van der Waals surface area contributed by atoms with Crippen LogP contribution in [0.3, 0.4) is 0 Å². The molecule has 146 valence electrons. The number of ether oxygens (including phenoxy) is 4. The first-order chi connectivity index (χ1) is 13.0. The number of hydrogen-bond acceptors (Lipinski definition) is 7. The smallest absolute Gasteiger partial charge is 0.186 e. The number of nitrogens with zero attached hydrogens (tertiary/aromatic N) is 1. The largest absolute Gasteiger partial charge is 0.467 e. The Morgan fingerprint density at radius 3 is 2.52 bits per heavy atom. The molecule has 1 aromatic heterocycles. The molecule has 0 spiro atoms. The summed E-state index contributed by atoms with van der Waals surface area (Å²) in [4.78, 5) is 0. The van der Waals surface area contributed by atoms with E-state index in [4.69, 9.17) is 23.4 Å². The van der Waals surface area contributed by atoms with E-state index in [1.165, 1.54) is 5.06 Å². The molecule has 0 amide bonds. The third-order valence-corrected chi connectivity index (χ3v) is 4.93. The van der Waals surface area contributed by atoms with Gasteiger partial charge in [-0.25, -0.2) is 0 Å². The van der Waals surface area contributed by atoms with Crippen molar-refractivity contribution in [2.75, 3.05) is 7.11 Å². The zero-order chi connectivity index (χ0) is 19.0. The Morgan fingerprint density at radius 2 is 1.85 bits per heavy atom. The molecule has 2 saturated heterocycles. The van der Waals surface area contributed by atoms with Crippen LogP contribution in [0.2, 0.25) is 0 Å². The first-order valence-corrected chi connectivity index (χ1v) is 9.05. The molecule has 2 aliphatic rings. The third-order valence-electron chi connectivity index (χ3n) is 4.93. The van der Waals surface area contributed by atoms with Gasteiger partial charge in [0.05, 0.1) is 6.26 Å². The molecule has 2 fully saturated rings. The van der Waals surface area contributed by atoms with Crippen LogP contribution in [0.4, 0.5) is 0 Å². The summed E-state index contributed by atoms with van der Waals surface area (Å²) in [7, 11) is 1.57. The van der Waals surface area contributed by atoms with E-state index in [0.717, 1.165) is 5.56 Å². The Bertz CT molecular complexity index is 734. The number of rotatable bonds is 6. The number of methoxy groups -OCH3 is 1. The lowest BCUT2D eigenvalue weighted by atomic mass is 10.0. The summed E-state index contributed by atoms with van der Waals surface area (Å²) >= 11 is 0. The van der Waals surface area contributed by atoms with Gasteiger partial charge < -0.3 is 28.6 Å². The van der Waals surface area contributed by atoms with Crippen LogP contribution < -0.4 is 0 Å². The average Bonchev–Trinajstić information content (AvgIpc) is 3.33. The van der Waals surface area contributed by atoms with Crippen LogP contribution in [-0.2, 0) is 25.5 Å². The lowest BCUT2D eigenvalue weighted by Gasteiger charge is -2.32. The van der Waals surface area contributed by atoms with Gasteiger partial charge in [0.2, 0.25) is 0 Å². The fourth-order valence-corrected chi connectivity index (χ4v) is 3.84. The lowest BCUT2D eigenvalue weighted by Crippen LogP contribution is -2.41. The molecule has 0 aliphatic carbocycles. The normalized spacial score (nSPS) is 30.6. The third kappa shape index (κ3) is 3.67. The summed E-state index contributed by atoms with van der Waals surface area (Å²) in [5.41, 5.74) is 0.971. The second-order valence-corrected chi connectivity index (χ2v) is 7.31. The van der Waals surface area contributed by atoms with Crippen molar-refractivity contribution in [3.05, 3.63) is 60.1 Å². The molecule has 0 radical (unpaired) electrons. The van der Waals surface area contributed by atoms with E-state index < -0.39 is 30.3 Å². The Balaban J connectivity index is 1.63. The second-order valence-electron chi connectivity index (χ2n) is 7.31. The highest BCUT2D eigenvalue weighted by molar-refractivity contribution is 5.16. The molecule has 1 aromatic carbocycles. The number of benzene rings is 1. The van der Waals surface area contributed by atoms with Crippen molar-refractivity contribution in [1.82, 2.24) is 5.06 Å². The molecule has 7 heteroatoms. The minimum Gasteiger partial charge on any atom is -0.467 e. The van der Waals surface area contributed by atoms with Crippen molar-refractivity contribution in [2.45, 2.75) is 56.8 Å². The minimum atomic E-state index is -0.748. The van der Waals surface area contributed by atoms with E-state index in [1.54, 1.807) is 19.4 Å². The molecule has 4 rings (SSSR count). The summed E-state index contributed by atoms with van der Waals surface area (Å²) in [6.07, 6.45) is -0.302. The maximum atomic E-state index is 11.0. The molecule has 2 aromatic rings. The van der Waals surface area contributed by atoms with Crippen LogP contribution in [0, 0.1) is 0 Å². The van der Waals surface area contributed by atoms with E-state index in [0.29, 0.717) is 12.3 Å². The van der Waals surface area contributed by atoms with Gasteiger partial charge in [-0.2, -0.15) is 5.06 Å². The molecule has 0 unspecified atom stereocenters. The monoisotopic (exact) mass is 375 g/mol. The molecular weight excluding hydrogens is 350 g/mol. The van der Waals surface area contributed by atoms with Crippen molar-refractivity contribution in [2.24, 2.45) is 0 Å². The first kappa shape index (κ1) is 18.6. The predicted octanol–water partition coefficient (Wildman–Crippen LogP) is 3.10. The van der Waals surface area contributed by atoms with Crippen LogP contribution in [0.15, 0.2) is 53.1 Å². The van der Waals surface area contributed by atoms with Crippen LogP contribution in [0.5, 0.6) is 0 Å². The van der Waals surface area contributed by atoms with E-state index in [2.05, 4.69) is 0 Å². The number of fused-ring (bicyclic) bond motifs is 1. The van der Waals surface area contributed by atoms with Crippen molar-refractivity contribution < 1.29 is 28.6 Å². The first-order valence-electron chi connectivity index (χ1n) is 9.05. The number of hydroxylamine groups is 2. The standard InChI is InChI=1S/C20H25NO6/c1-20(2)26-17-16(25-19(23-3)18(17)27-20)15(14-10-7-11-24-14)21(22)12-13-8-5-4-6-9-13/h4-11,15-19,22H,12H2,1-3H3/t15-,16-,17-,18-,19-/m1/s1. The molecular formula is C20H25NO6. The maximum absolute atomic E-state index is 11.0. The van der Waals surface area contributed by atoms with E-state index in [9.17, 15) is 5.21 Å². The van der Waals surface area contributed by atoms with Gasteiger partial charge in [-0.3, -0.25) is 0 Å². The van der Waals surface area contributed by atoms with Gasteiger partial charge in [0, 0.05) is 13.7 Å². The SMILES string of the molecule is CO[C@@H]1O[C@H]([C@@H](c2ccco2)N(O)Cc2ccccc2)[C@H]2OC(C)(C)O[C@@H]12. The van der Waals surface area contributed by atoms with Gasteiger partial charge in [-0.05, 0) is 31.5 Å². The van der Waals surface area contributed by atoms with E-state index >= 15 is 0 Å². The minimum absolute atomic E-state index is 0.311. The molecule has 5 atom stereocenters. The van der Waals surface area contributed by atoms with E-state index in [-0.39, 0.29) is 6.10 Å². The topological polar surface area (TPSA) is 73.5 Å². The summed E-state index contributed by atoms with van der Waals surface area (Å²) in [6.45, 7) is 4.03. The summed E-state index contributed by atoms with van der Waals surface area (Å²) < 4.78 is 29.2. The molecule has 1 N–H and O–H groups in total. The fraction of sp³-hybridized carbons (Fsp3) is 0.500. The zero-order valence-corrected chi connectivity index (χ0v) is 15.6. The Morgan fingerprint density at radius 1 is 1.11 bits per heavy atom. The molecule has 3 heterocycles. The Kier molecular flexibility index (Phi) is 5.07. The lowest BCUT2D eigenvalue weighted by molar-refractivity contribution is -0.252.